The molecular weight excluding hydrogens is 246 g/mol. The van der Waals surface area contributed by atoms with Crippen molar-refractivity contribution in [3.05, 3.63) is 22.5 Å². The van der Waals surface area contributed by atoms with Crippen LogP contribution in [-0.2, 0) is 4.74 Å². The normalized spacial score (nSPS) is 10.8. The maximum atomic E-state index is 11.7. The Morgan fingerprint density at radius 1 is 1.65 bits per heavy atom. The third kappa shape index (κ3) is 1.91. The number of hydrogen-bond donors (Lipinski definition) is 1. The van der Waals surface area contributed by atoms with Gasteiger partial charge in [-0.15, -0.1) is 0 Å². The van der Waals surface area contributed by atoms with Crippen molar-refractivity contribution in [2.75, 3.05) is 6.61 Å². The third-order valence-electron chi connectivity index (χ3n) is 2.14. The highest BCUT2D eigenvalue weighted by molar-refractivity contribution is 6.33. The first kappa shape index (κ1) is 11.7. The number of aryl methyl sites for hydroxylation is 1. The molecule has 2 aromatic rings. The van der Waals surface area contributed by atoms with Crippen molar-refractivity contribution in [2.45, 2.75) is 13.8 Å². The summed E-state index contributed by atoms with van der Waals surface area (Å²) in [6.07, 6.45) is 0. The topological polar surface area (TPSA) is 76.7 Å². The molecule has 0 unspecified atom stereocenters. The summed E-state index contributed by atoms with van der Waals surface area (Å²) in [5.41, 5.74) is 0.801. The average molecular weight is 256 g/mol. The van der Waals surface area contributed by atoms with E-state index < -0.39 is 5.97 Å². The lowest BCUT2D eigenvalue weighted by molar-refractivity contribution is 0.0528. The van der Waals surface area contributed by atoms with E-state index in [1.165, 1.54) is 6.07 Å². The lowest BCUT2D eigenvalue weighted by Crippen LogP contribution is -2.06. The van der Waals surface area contributed by atoms with Gasteiger partial charge in [0.15, 0.2) is 10.8 Å². The van der Waals surface area contributed by atoms with Crippen molar-refractivity contribution in [3.8, 4) is 5.88 Å². The van der Waals surface area contributed by atoms with Crippen LogP contribution in [0, 0.1) is 6.92 Å². The van der Waals surface area contributed by atoms with Crippen LogP contribution in [0.25, 0.3) is 5.65 Å². The number of hydrogen-bond acceptors (Lipinski definition) is 5. The van der Waals surface area contributed by atoms with Crippen LogP contribution in [0.1, 0.15) is 23.0 Å². The van der Waals surface area contributed by atoms with Crippen LogP contribution < -0.4 is 0 Å². The number of rotatable bonds is 2. The lowest BCUT2D eigenvalue weighted by Gasteiger charge is -2.01. The Morgan fingerprint density at radius 3 is 3.00 bits per heavy atom. The van der Waals surface area contributed by atoms with Crippen LogP contribution in [0.3, 0.4) is 0 Å². The summed E-state index contributed by atoms with van der Waals surface area (Å²) in [4.78, 5) is 15.8. The molecule has 0 bridgehead atoms. The number of carbonyl (C=O) groups is 1. The van der Waals surface area contributed by atoms with Crippen LogP contribution in [0.5, 0.6) is 5.88 Å². The first-order valence-corrected chi connectivity index (χ1v) is 5.34. The number of halogens is 1. The zero-order valence-corrected chi connectivity index (χ0v) is 10.0. The predicted octanol–water partition coefficient (Wildman–Crippen LogP) is 1.57. The van der Waals surface area contributed by atoms with E-state index in [0.717, 1.165) is 4.52 Å². The molecule has 2 aromatic heterocycles. The second-order valence-corrected chi connectivity index (χ2v) is 3.74. The summed E-state index contributed by atoms with van der Waals surface area (Å²) in [5, 5.41) is 13.4. The van der Waals surface area contributed by atoms with Gasteiger partial charge >= 0.3 is 5.97 Å². The van der Waals surface area contributed by atoms with Crippen molar-refractivity contribution in [3.63, 3.8) is 0 Å². The third-order valence-corrected chi connectivity index (χ3v) is 2.40. The van der Waals surface area contributed by atoms with E-state index in [4.69, 9.17) is 16.3 Å². The second-order valence-electron chi connectivity index (χ2n) is 3.38. The fourth-order valence-corrected chi connectivity index (χ4v) is 1.71. The first-order valence-electron chi connectivity index (χ1n) is 4.96. The maximum Gasteiger partial charge on any atom is 0.345 e. The summed E-state index contributed by atoms with van der Waals surface area (Å²) in [6.45, 7) is 3.60. The van der Waals surface area contributed by atoms with Gasteiger partial charge in [-0.3, -0.25) is 0 Å². The molecule has 0 saturated heterocycles. The Hall–Kier alpha value is -1.82. The van der Waals surface area contributed by atoms with Crippen molar-refractivity contribution in [2.24, 2.45) is 0 Å². The van der Waals surface area contributed by atoms with Gasteiger partial charge in [-0.25, -0.2) is 9.78 Å². The number of ether oxygens (including phenoxy) is 1. The summed E-state index contributed by atoms with van der Waals surface area (Å²) in [5.74, 6) is -0.741. The molecule has 1 N–H and O–H groups in total. The molecule has 17 heavy (non-hydrogen) atoms. The highest BCUT2D eigenvalue weighted by atomic mass is 35.5. The molecule has 2 rings (SSSR count). The Kier molecular flexibility index (Phi) is 2.89. The zero-order chi connectivity index (χ0) is 12.6. The van der Waals surface area contributed by atoms with E-state index in [0.29, 0.717) is 5.69 Å². The Balaban J connectivity index is 2.70. The molecule has 0 aliphatic carbocycles. The standard InChI is InChI=1S/C10H10ClN3O3/c1-3-17-10(16)7-8(11)13-14-6(15)4-5(2)12-9(7)14/h4,15H,3H2,1-2H3. The van der Waals surface area contributed by atoms with Gasteiger partial charge in [0.25, 0.3) is 0 Å². The molecule has 0 aromatic carbocycles. The molecule has 2 heterocycles. The predicted molar refractivity (Wildman–Crippen MR) is 60.4 cm³/mol. The molecule has 0 aliphatic rings. The molecular formula is C10H10ClN3O3. The maximum absolute atomic E-state index is 11.7. The van der Waals surface area contributed by atoms with Gasteiger partial charge in [-0.2, -0.15) is 9.61 Å². The highest BCUT2D eigenvalue weighted by Gasteiger charge is 2.22. The molecule has 90 valence electrons. The van der Waals surface area contributed by atoms with Gasteiger partial charge in [0.05, 0.1) is 6.61 Å². The molecule has 0 spiro atoms. The molecule has 0 atom stereocenters. The quantitative estimate of drug-likeness (QED) is 0.825. The fourth-order valence-electron chi connectivity index (χ4n) is 1.47. The average Bonchev–Trinajstić information content (AvgIpc) is 2.55. The number of aromatic nitrogens is 3. The summed E-state index contributed by atoms with van der Waals surface area (Å²) in [7, 11) is 0. The van der Waals surface area contributed by atoms with Gasteiger partial charge in [-0.05, 0) is 13.8 Å². The van der Waals surface area contributed by atoms with Gasteiger partial charge < -0.3 is 9.84 Å². The fraction of sp³-hybridized carbons (Fsp3) is 0.300. The van der Waals surface area contributed by atoms with Crippen LogP contribution in [0.2, 0.25) is 5.15 Å². The van der Waals surface area contributed by atoms with Crippen LogP contribution in [0.15, 0.2) is 6.07 Å². The zero-order valence-electron chi connectivity index (χ0n) is 9.27. The SMILES string of the molecule is CCOC(=O)c1c(Cl)nn2c(O)cc(C)nc12. The van der Waals surface area contributed by atoms with E-state index in [9.17, 15) is 9.90 Å². The second kappa shape index (κ2) is 4.21. The molecule has 0 saturated carbocycles. The van der Waals surface area contributed by atoms with Crippen molar-refractivity contribution in [1.82, 2.24) is 14.6 Å². The molecule has 0 aliphatic heterocycles. The van der Waals surface area contributed by atoms with Crippen molar-refractivity contribution in [1.29, 1.82) is 0 Å². The van der Waals surface area contributed by atoms with E-state index >= 15 is 0 Å². The van der Waals surface area contributed by atoms with Crippen LogP contribution in [0.4, 0.5) is 0 Å². The van der Waals surface area contributed by atoms with Gasteiger partial charge in [-0.1, -0.05) is 11.6 Å². The highest BCUT2D eigenvalue weighted by Crippen LogP contribution is 2.23. The Bertz CT molecular complexity index is 594. The summed E-state index contributed by atoms with van der Waals surface area (Å²) < 4.78 is 5.96. The van der Waals surface area contributed by atoms with Crippen molar-refractivity contribution < 1.29 is 14.6 Å². The smallest absolute Gasteiger partial charge is 0.345 e. The molecule has 0 radical (unpaired) electrons. The summed E-state index contributed by atoms with van der Waals surface area (Å²) >= 11 is 5.84. The van der Waals surface area contributed by atoms with E-state index in [1.807, 2.05) is 0 Å². The van der Waals surface area contributed by atoms with Gasteiger partial charge in [0, 0.05) is 11.8 Å². The van der Waals surface area contributed by atoms with Crippen LogP contribution >= 0.6 is 11.6 Å². The Morgan fingerprint density at radius 2 is 2.35 bits per heavy atom. The van der Waals surface area contributed by atoms with Gasteiger partial charge in [0.2, 0.25) is 5.88 Å². The number of carbonyl (C=O) groups excluding carboxylic acids is 1. The lowest BCUT2D eigenvalue weighted by atomic mass is 10.3. The number of esters is 1. The van der Waals surface area contributed by atoms with E-state index in [-0.39, 0.29) is 28.9 Å². The minimum absolute atomic E-state index is 0.0446. The number of fused-ring (bicyclic) bond motifs is 1. The van der Waals surface area contributed by atoms with E-state index in [1.54, 1.807) is 13.8 Å². The molecule has 0 fully saturated rings. The monoisotopic (exact) mass is 255 g/mol. The van der Waals surface area contributed by atoms with E-state index in [2.05, 4.69) is 10.1 Å². The van der Waals surface area contributed by atoms with Gasteiger partial charge in [0.1, 0.15) is 5.56 Å². The first-order chi connectivity index (χ1) is 8.04. The molecule has 6 nitrogen and oxygen atoms in total. The number of nitrogens with zero attached hydrogens (tertiary/aromatic N) is 3. The summed E-state index contributed by atoms with van der Waals surface area (Å²) in [6, 6.07) is 1.42. The largest absolute Gasteiger partial charge is 0.493 e. The Labute approximate surface area is 102 Å². The van der Waals surface area contributed by atoms with Crippen molar-refractivity contribution >= 4 is 23.2 Å². The minimum atomic E-state index is -0.606. The minimum Gasteiger partial charge on any atom is -0.493 e. The van der Waals surface area contributed by atoms with Crippen LogP contribution in [-0.4, -0.2) is 32.3 Å². The molecule has 7 heteroatoms. The number of aromatic hydroxyl groups is 1. The molecule has 0 amide bonds.